The third kappa shape index (κ3) is 3.40. The Balaban J connectivity index is 1.60. The SMILES string of the molecule is NC1(CC(=O)c2ccc(OC3CC3)cc2)CCCCC1. The Kier molecular flexibility index (Phi) is 3.79. The van der Waals surface area contributed by atoms with Gasteiger partial charge in [-0.3, -0.25) is 4.79 Å². The summed E-state index contributed by atoms with van der Waals surface area (Å²) in [5.74, 6) is 1.02. The molecule has 0 bridgehead atoms. The monoisotopic (exact) mass is 273 g/mol. The summed E-state index contributed by atoms with van der Waals surface area (Å²) in [6.07, 6.45) is 8.66. The van der Waals surface area contributed by atoms with E-state index in [4.69, 9.17) is 10.5 Å². The Morgan fingerprint density at radius 2 is 1.80 bits per heavy atom. The molecule has 108 valence electrons. The largest absolute Gasteiger partial charge is 0.490 e. The van der Waals surface area contributed by atoms with E-state index in [0.717, 1.165) is 49.8 Å². The van der Waals surface area contributed by atoms with Gasteiger partial charge < -0.3 is 10.5 Å². The predicted molar refractivity (Wildman–Crippen MR) is 79.0 cm³/mol. The van der Waals surface area contributed by atoms with Gasteiger partial charge in [0, 0.05) is 17.5 Å². The van der Waals surface area contributed by atoms with Crippen molar-refractivity contribution in [3.8, 4) is 5.75 Å². The Bertz CT molecular complexity index is 470. The molecular weight excluding hydrogens is 250 g/mol. The quantitative estimate of drug-likeness (QED) is 0.836. The lowest BCUT2D eigenvalue weighted by Gasteiger charge is -2.32. The second kappa shape index (κ2) is 5.57. The number of carbonyl (C=O) groups is 1. The molecule has 2 N–H and O–H groups in total. The molecule has 2 aliphatic rings. The van der Waals surface area contributed by atoms with Gasteiger partial charge in [-0.15, -0.1) is 0 Å². The van der Waals surface area contributed by atoms with E-state index in [1.54, 1.807) is 0 Å². The molecule has 1 aromatic carbocycles. The smallest absolute Gasteiger partial charge is 0.164 e. The fourth-order valence-corrected chi connectivity index (χ4v) is 2.95. The van der Waals surface area contributed by atoms with Crippen LogP contribution in [-0.2, 0) is 0 Å². The number of hydrogen-bond donors (Lipinski definition) is 1. The molecule has 3 rings (SSSR count). The maximum absolute atomic E-state index is 12.3. The molecule has 0 atom stereocenters. The summed E-state index contributed by atoms with van der Waals surface area (Å²) in [6, 6.07) is 7.53. The van der Waals surface area contributed by atoms with E-state index in [1.807, 2.05) is 24.3 Å². The first-order valence-corrected chi connectivity index (χ1v) is 7.73. The molecule has 20 heavy (non-hydrogen) atoms. The van der Waals surface area contributed by atoms with Gasteiger partial charge >= 0.3 is 0 Å². The number of benzene rings is 1. The number of ether oxygens (including phenoxy) is 1. The van der Waals surface area contributed by atoms with Crippen molar-refractivity contribution in [3.63, 3.8) is 0 Å². The average Bonchev–Trinajstić information content (AvgIpc) is 3.24. The second-order valence-electron chi connectivity index (χ2n) is 6.36. The summed E-state index contributed by atoms with van der Waals surface area (Å²) in [6.45, 7) is 0. The Labute approximate surface area is 120 Å². The molecule has 0 saturated heterocycles. The molecular formula is C17H23NO2. The highest BCUT2D eigenvalue weighted by Crippen LogP contribution is 2.30. The van der Waals surface area contributed by atoms with Gasteiger partial charge in [-0.2, -0.15) is 0 Å². The number of carbonyl (C=O) groups excluding carboxylic acids is 1. The molecule has 3 nitrogen and oxygen atoms in total. The van der Waals surface area contributed by atoms with E-state index in [1.165, 1.54) is 6.42 Å². The normalized spacial score (nSPS) is 21.4. The molecule has 0 aromatic heterocycles. The van der Waals surface area contributed by atoms with Crippen molar-refractivity contribution in [2.24, 2.45) is 5.73 Å². The lowest BCUT2D eigenvalue weighted by Crippen LogP contribution is -2.43. The van der Waals surface area contributed by atoms with Crippen molar-refractivity contribution < 1.29 is 9.53 Å². The molecule has 0 radical (unpaired) electrons. The summed E-state index contributed by atoms with van der Waals surface area (Å²) in [4.78, 5) is 12.3. The minimum absolute atomic E-state index is 0.160. The van der Waals surface area contributed by atoms with E-state index in [2.05, 4.69) is 0 Å². The Morgan fingerprint density at radius 1 is 1.15 bits per heavy atom. The number of nitrogens with two attached hydrogens (primary N) is 1. The van der Waals surface area contributed by atoms with Crippen LogP contribution in [0.25, 0.3) is 0 Å². The van der Waals surface area contributed by atoms with Crippen molar-refractivity contribution in [3.05, 3.63) is 29.8 Å². The first-order chi connectivity index (χ1) is 9.65. The molecule has 2 saturated carbocycles. The summed E-state index contributed by atoms with van der Waals surface area (Å²) in [5, 5.41) is 0. The van der Waals surface area contributed by atoms with Crippen LogP contribution in [0.4, 0.5) is 0 Å². The maximum Gasteiger partial charge on any atom is 0.164 e. The van der Waals surface area contributed by atoms with E-state index in [9.17, 15) is 4.79 Å². The maximum atomic E-state index is 12.3. The standard InChI is InChI=1S/C17H23NO2/c18-17(10-2-1-3-11-17)12-16(19)13-4-6-14(7-5-13)20-15-8-9-15/h4-7,15H,1-3,8-12,18H2. The van der Waals surface area contributed by atoms with Gasteiger partial charge in [-0.05, 0) is 49.9 Å². The summed E-state index contributed by atoms with van der Waals surface area (Å²) < 4.78 is 5.69. The van der Waals surface area contributed by atoms with Crippen LogP contribution in [0.2, 0.25) is 0 Å². The Morgan fingerprint density at radius 3 is 2.40 bits per heavy atom. The van der Waals surface area contributed by atoms with Crippen molar-refractivity contribution in [1.29, 1.82) is 0 Å². The molecule has 0 spiro atoms. The van der Waals surface area contributed by atoms with Gasteiger partial charge in [0.1, 0.15) is 5.75 Å². The van der Waals surface area contributed by atoms with Crippen LogP contribution in [0.1, 0.15) is 61.7 Å². The predicted octanol–water partition coefficient (Wildman–Crippen LogP) is 3.46. The fourth-order valence-electron chi connectivity index (χ4n) is 2.95. The van der Waals surface area contributed by atoms with Crippen molar-refractivity contribution in [1.82, 2.24) is 0 Å². The zero-order valence-electron chi connectivity index (χ0n) is 11.9. The zero-order valence-corrected chi connectivity index (χ0v) is 11.9. The first kappa shape index (κ1) is 13.6. The molecule has 0 amide bonds. The summed E-state index contributed by atoms with van der Waals surface area (Å²) in [7, 11) is 0. The number of hydrogen-bond acceptors (Lipinski definition) is 3. The van der Waals surface area contributed by atoms with E-state index < -0.39 is 0 Å². The summed E-state index contributed by atoms with van der Waals surface area (Å²) >= 11 is 0. The topological polar surface area (TPSA) is 52.3 Å². The van der Waals surface area contributed by atoms with Crippen LogP contribution in [0.15, 0.2) is 24.3 Å². The molecule has 3 heteroatoms. The lowest BCUT2D eigenvalue weighted by atomic mass is 9.78. The molecule has 0 heterocycles. The van der Waals surface area contributed by atoms with E-state index in [0.29, 0.717) is 12.5 Å². The van der Waals surface area contributed by atoms with Crippen LogP contribution >= 0.6 is 0 Å². The number of rotatable bonds is 5. The molecule has 1 aromatic rings. The number of ketones is 1. The highest BCUT2D eigenvalue weighted by atomic mass is 16.5. The van der Waals surface area contributed by atoms with Crippen LogP contribution in [-0.4, -0.2) is 17.4 Å². The third-order valence-corrected chi connectivity index (χ3v) is 4.37. The van der Waals surface area contributed by atoms with Crippen molar-refractivity contribution in [2.75, 3.05) is 0 Å². The van der Waals surface area contributed by atoms with Gasteiger partial charge in [-0.1, -0.05) is 19.3 Å². The molecule has 0 aliphatic heterocycles. The van der Waals surface area contributed by atoms with Crippen LogP contribution in [0.5, 0.6) is 5.75 Å². The van der Waals surface area contributed by atoms with Crippen LogP contribution in [0.3, 0.4) is 0 Å². The lowest BCUT2D eigenvalue weighted by molar-refractivity contribution is 0.0934. The summed E-state index contributed by atoms with van der Waals surface area (Å²) in [5.41, 5.74) is 6.83. The van der Waals surface area contributed by atoms with Crippen LogP contribution in [0, 0.1) is 0 Å². The van der Waals surface area contributed by atoms with Gasteiger partial charge in [0.05, 0.1) is 6.10 Å². The van der Waals surface area contributed by atoms with Crippen LogP contribution < -0.4 is 10.5 Å². The van der Waals surface area contributed by atoms with Crippen molar-refractivity contribution >= 4 is 5.78 Å². The second-order valence-corrected chi connectivity index (χ2v) is 6.36. The molecule has 2 fully saturated rings. The van der Waals surface area contributed by atoms with Gasteiger partial charge in [0.2, 0.25) is 0 Å². The average molecular weight is 273 g/mol. The minimum Gasteiger partial charge on any atom is -0.490 e. The Hall–Kier alpha value is -1.35. The highest BCUT2D eigenvalue weighted by molar-refractivity contribution is 5.96. The van der Waals surface area contributed by atoms with Gasteiger partial charge in [0.15, 0.2) is 5.78 Å². The minimum atomic E-state index is -0.279. The van der Waals surface area contributed by atoms with Gasteiger partial charge in [-0.25, -0.2) is 0 Å². The fraction of sp³-hybridized carbons (Fsp3) is 0.588. The number of Topliss-reactive ketones (excluding diaryl/α,β-unsaturated/α-hetero) is 1. The van der Waals surface area contributed by atoms with Gasteiger partial charge in [0.25, 0.3) is 0 Å². The van der Waals surface area contributed by atoms with Crippen molar-refractivity contribution in [2.45, 2.75) is 63.0 Å². The van der Waals surface area contributed by atoms with E-state index in [-0.39, 0.29) is 11.3 Å². The first-order valence-electron chi connectivity index (χ1n) is 7.73. The van der Waals surface area contributed by atoms with E-state index >= 15 is 0 Å². The third-order valence-electron chi connectivity index (χ3n) is 4.37. The highest BCUT2D eigenvalue weighted by Gasteiger charge is 2.30. The molecule has 2 aliphatic carbocycles. The zero-order chi connectivity index (χ0) is 14.0. The molecule has 0 unspecified atom stereocenters.